The Morgan fingerprint density at radius 1 is 1.23 bits per heavy atom. The van der Waals surface area contributed by atoms with Crippen LogP contribution in [0.1, 0.15) is 24.4 Å². The van der Waals surface area contributed by atoms with Gasteiger partial charge in [0, 0.05) is 6.54 Å². The predicted octanol–water partition coefficient (Wildman–Crippen LogP) is 2.95. The normalized spacial score (nSPS) is 18.0. The fraction of sp³-hybridized carbons (Fsp3) is 0.350. The van der Waals surface area contributed by atoms with Gasteiger partial charge in [-0.25, -0.2) is 4.68 Å². The van der Waals surface area contributed by atoms with Gasteiger partial charge in [0.2, 0.25) is 11.1 Å². The van der Waals surface area contributed by atoms with Crippen molar-refractivity contribution in [2.75, 3.05) is 31.4 Å². The van der Waals surface area contributed by atoms with Gasteiger partial charge in [0.25, 0.3) is 0 Å². The number of benzene rings is 1. The van der Waals surface area contributed by atoms with E-state index in [0.29, 0.717) is 24.2 Å². The Hall–Kier alpha value is -2.72. The highest BCUT2D eigenvalue weighted by Crippen LogP contribution is 2.38. The maximum absolute atomic E-state index is 13.0. The van der Waals surface area contributed by atoms with E-state index in [-0.39, 0.29) is 17.7 Å². The molecule has 0 saturated carbocycles. The van der Waals surface area contributed by atoms with Crippen LogP contribution < -0.4 is 15.3 Å². The Morgan fingerprint density at radius 2 is 2.10 bits per heavy atom. The molecular weight excluding hydrogens is 422 g/mol. The van der Waals surface area contributed by atoms with Gasteiger partial charge in [0.05, 0.1) is 16.7 Å². The van der Waals surface area contributed by atoms with E-state index in [4.69, 9.17) is 15.3 Å². The topological polar surface area (TPSA) is 95.5 Å². The lowest BCUT2D eigenvalue weighted by atomic mass is 10.0. The molecule has 5 rings (SSSR count). The first-order valence-electron chi connectivity index (χ1n) is 9.77. The number of carbonyl (C=O) groups excluding carboxylic acids is 1. The third kappa shape index (κ3) is 3.61. The van der Waals surface area contributed by atoms with Crippen molar-refractivity contribution in [1.29, 1.82) is 0 Å². The highest BCUT2D eigenvalue weighted by Gasteiger charge is 2.31. The molecule has 3 aromatic rings. The van der Waals surface area contributed by atoms with Crippen LogP contribution in [0.5, 0.6) is 11.5 Å². The maximum Gasteiger partial charge on any atom is 0.233 e. The second-order valence-electron chi connectivity index (χ2n) is 7.09. The van der Waals surface area contributed by atoms with Crippen LogP contribution in [0.25, 0.3) is 10.7 Å². The number of rotatable bonds is 5. The number of thiophene rings is 1. The van der Waals surface area contributed by atoms with Crippen molar-refractivity contribution < 1.29 is 14.3 Å². The van der Waals surface area contributed by atoms with Gasteiger partial charge in [-0.15, -0.1) is 21.5 Å². The van der Waals surface area contributed by atoms with Gasteiger partial charge in [0.1, 0.15) is 13.2 Å². The summed E-state index contributed by atoms with van der Waals surface area (Å²) in [5.74, 6) is 8.60. The molecule has 10 heteroatoms. The van der Waals surface area contributed by atoms with Crippen LogP contribution in [0, 0.1) is 0 Å². The molecule has 0 aliphatic carbocycles. The van der Waals surface area contributed by atoms with E-state index >= 15 is 0 Å². The quantitative estimate of drug-likeness (QED) is 0.478. The number of nitrogen functional groups attached to an aromatic ring is 1. The molecule has 1 unspecified atom stereocenters. The summed E-state index contributed by atoms with van der Waals surface area (Å²) in [7, 11) is 0. The number of hydrogen-bond acceptors (Lipinski definition) is 8. The molecule has 1 fully saturated rings. The van der Waals surface area contributed by atoms with Crippen molar-refractivity contribution in [3.63, 3.8) is 0 Å². The molecule has 2 aliphatic rings. The molecule has 1 atom stereocenters. The van der Waals surface area contributed by atoms with Crippen molar-refractivity contribution in [3.8, 4) is 22.2 Å². The second kappa shape index (κ2) is 8.19. The van der Waals surface area contributed by atoms with Crippen LogP contribution >= 0.6 is 23.1 Å². The van der Waals surface area contributed by atoms with Gasteiger partial charge in [-0.3, -0.25) is 4.79 Å². The van der Waals surface area contributed by atoms with E-state index < -0.39 is 0 Å². The van der Waals surface area contributed by atoms with Crippen molar-refractivity contribution in [2.45, 2.75) is 24.0 Å². The van der Waals surface area contributed by atoms with Crippen LogP contribution in [0.4, 0.5) is 0 Å². The fourth-order valence-corrected chi connectivity index (χ4v) is 5.29. The van der Waals surface area contributed by atoms with Crippen molar-refractivity contribution >= 4 is 29.0 Å². The third-order valence-corrected chi connectivity index (χ3v) is 7.05. The summed E-state index contributed by atoms with van der Waals surface area (Å²) >= 11 is 2.86. The molecule has 1 saturated heterocycles. The van der Waals surface area contributed by atoms with Crippen LogP contribution in [0.3, 0.4) is 0 Å². The zero-order valence-corrected chi connectivity index (χ0v) is 17.8. The van der Waals surface area contributed by atoms with Gasteiger partial charge >= 0.3 is 0 Å². The number of likely N-dealkylation sites (tertiary alicyclic amines) is 1. The Bertz CT molecular complexity index is 1050. The number of aromatic nitrogens is 3. The zero-order chi connectivity index (χ0) is 20.5. The molecule has 0 radical (unpaired) electrons. The summed E-state index contributed by atoms with van der Waals surface area (Å²) in [6, 6.07) is 9.90. The Morgan fingerprint density at radius 3 is 2.93 bits per heavy atom. The lowest BCUT2D eigenvalue weighted by Gasteiger charge is -2.26. The minimum atomic E-state index is 0.0475. The number of fused-ring (bicyclic) bond motifs is 1. The zero-order valence-electron chi connectivity index (χ0n) is 16.2. The average molecular weight is 444 g/mol. The van der Waals surface area contributed by atoms with Crippen molar-refractivity contribution in [3.05, 3.63) is 41.3 Å². The lowest BCUT2D eigenvalue weighted by Crippen LogP contribution is -2.32. The van der Waals surface area contributed by atoms with Crippen LogP contribution in [-0.2, 0) is 4.79 Å². The Balaban J connectivity index is 1.27. The summed E-state index contributed by atoms with van der Waals surface area (Å²) in [6.07, 6.45) is 1.91. The summed E-state index contributed by atoms with van der Waals surface area (Å²) in [5, 5.41) is 10.8. The lowest BCUT2D eigenvalue weighted by molar-refractivity contribution is -0.129. The first kappa shape index (κ1) is 19.3. The van der Waals surface area contributed by atoms with Crippen LogP contribution in [0.2, 0.25) is 0 Å². The van der Waals surface area contributed by atoms with E-state index in [9.17, 15) is 4.79 Å². The SMILES string of the molecule is Nn1c(SCC(=O)N2CCCC2c2ccc3c(c2)OCCO3)nnc1-c1cccs1. The molecule has 0 bridgehead atoms. The standard InChI is InChI=1S/C20H21N5O3S2/c21-25-19(17-4-2-10-29-17)22-23-20(25)30-12-18(26)24-7-1-3-14(24)13-5-6-15-16(11-13)28-9-8-27-15/h2,4-6,10-11,14H,1,3,7-9,12,21H2. The number of nitrogens with zero attached hydrogens (tertiary/aromatic N) is 4. The minimum Gasteiger partial charge on any atom is -0.486 e. The molecule has 156 valence electrons. The number of nitrogens with two attached hydrogens (primary N) is 1. The second-order valence-corrected chi connectivity index (χ2v) is 8.98. The summed E-state index contributed by atoms with van der Waals surface area (Å²) in [6.45, 7) is 1.86. The first-order valence-corrected chi connectivity index (χ1v) is 11.6. The fourth-order valence-electron chi connectivity index (χ4n) is 3.84. The van der Waals surface area contributed by atoms with Gasteiger partial charge in [-0.05, 0) is 42.0 Å². The molecule has 1 amide bonds. The highest BCUT2D eigenvalue weighted by molar-refractivity contribution is 7.99. The van der Waals surface area contributed by atoms with Crippen molar-refractivity contribution in [1.82, 2.24) is 19.8 Å². The van der Waals surface area contributed by atoms with Crippen LogP contribution in [-0.4, -0.2) is 51.2 Å². The monoisotopic (exact) mass is 443 g/mol. The van der Waals surface area contributed by atoms with Crippen LogP contribution in [0.15, 0.2) is 40.9 Å². The number of thioether (sulfide) groups is 1. The molecule has 2 aliphatic heterocycles. The molecule has 2 N–H and O–H groups in total. The summed E-state index contributed by atoms with van der Waals surface area (Å²) in [5.41, 5.74) is 1.08. The van der Waals surface area contributed by atoms with E-state index in [1.165, 1.54) is 16.4 Å². The molecular formula is C20H21N5O3S2. The van der Waals surface area contributed by atoms with Gasteiger partial charge in [-0.2, -0.15) is 0 Å². The van der Waals surface area contributed by atoms with Gasteiger partial charge in [-0.1, -0.05) is 23.9 Å². The molecule has 30 heavy (non-hydrogen) atoms. The minimum absolute atomic E-state index is 0.0475. The van der Waals surface area contributed by atoms with E-state index in [2.05, 4.69) is 10.2 Å². The first-order chi connectivity index (χ1) is 14.7. The Kier molecular flexibility index (Phi) is 5.26. The molecule has 8 nitrogen and oxygen atoms in total. The summed E-state index contributed by atoms with van der Waals surface area (Å²) < 4.78 is 12.8. The third-order valence-electron chi connectivity index (χ3n) is 5.25. The largest absolute Gasteiger partial charge is 0.486 e. The molecule has 1 aromatic carbocycles. The average Bonchev–Trinajstić information content (AvgIpc) is 3.53. The predicted molar refractivity (Wildman–Crippen MR) is 115 cm³/mol. The molecule has 2 aromatic heterocycles. The van der Waals surface area contributed by atoms with Crippen molar-refractivity contribution in [2.24, 2.45) is 0 Å². The number of hydrogen-bond donors (Lipinski definition) is 1. The maximum atomic E-state index is 13.0. The van der Waals surface area contributed by atoms with Gasteiger partial charge < -0.3 is 20.2 Å². The molecule has 0 spiro atoms. The van der Waals surface area contributed by atoms with E-state index in [1.807, 2.05) is 40.6 Å². The number of carbonyl (C=O) groups is 1. The summed E-state index contributed by atoms with van der Waals surface area (Å²) in [4.78, 5) is 15.9. The van der Waals surface area contributed by atoms with E-state index in [0.717, 1.165) is 41.3 Å². The van der Waals surface area contributed by atoms with Gasteiger partial charge in [0.15, 0.2) is 17.3 Å². The number of amides is 1. The molecule has 4 heterocycles. The van der Waals surface area contributed by atoms with E-state index in [1.54, 1.807) is 11.3 Å². The Labute approximate surface area is 182 Å². The highest BCUT2D eigenvalue weighted by atomic mass is 32.2. The smallest absolute Gasteiger partial charge is 0.233 e. The number of ether oxygens (including phenoxy) is 2.